The van der Waals surface area contributed by atoms with Gasteiger partial charge in [0.1, 0.15) is 12.4 Å². The van der Waals surface area contributed by atoms with E-state index in [1.54, 1.807) is 6.07 Å². The van der Waals surface area contributed by atoms with Crippen LogP contribution >= 0.6 is 28.3 Å². The second kappa shape index (κ2) is 9.78. The Labute approximate surface area is 187 Å². The van der Waals surface area contributed by atoms with Gasteiger partial charge in [-0.25, -0.2) is 4.39 Å². The monoisotopic (exact) mass is 497 g/mol. The van der Waals surface area contributed by atoms with E-state index in [0.717, 1.165) is 28.8 Å². The van der Waals surface area contributed by atoms with Crippen molar-refractivity contribution in [3.05, 3.63) is 57.0 Å². The van der Waals surface area contributed by atoms with Crippen LogP contribution in [0.1, 0.15) is 0 Å². The highest BCUT2D eigenvalue weighted by molar-refractivity contribution is 9.10. The van der Waals surface area contributed by atoms with Crippen LogP contribution in [0.5, 0.6) is 5.75 Å². The second-order valence-corrected chi connectivity index (χ2v) is 7.61. The maximum absolute atomic E-state index is 13.7. The molecule has 0 aliphatic carbocycles. The molecule has 2 aromatic carbocycles. The Morgan fingerprint density at radius 1 is 1.17 bits per heavy atom. The zero-order valence-electron chi connectivity index (χ0n) is 16.1. The number of ether oxygens (including phenoxy) is 2. The SMILES string of the molecule is Cl.NCCOc1c(-c2ccc(N3CCOCC3)c(Br)c2)[nH]c(=O)c2cc(F)ccc12. The predicted molar refractivity (Wildman–Crippen MR) is 122 cm³/mol. The van der Waals surface area contributed by atoms with Gasteiger partial charge < -0.3 is 25.1 Å². The number of halogens is 3. The largest absolute Gasteiger partial charge is 0.489 e. The van der Waals surface area contributed by atoms with Crippen LogP contribution in [-0.4, -0.2) is 44.4 Å². The summed E-state index contributed by atoms with van der Waals surface area (Å²) in [5.74, 6) is 0.00852. The fourth-order valence-corrected chi connectivity index (χ4v) is 4.14. The van der Waals surface area contributed by atoms with Crippen LogP contribution in [0.3, 0.4) is 0 Å². The first-order valence-corrected chi connectivity index (χ1v) is 10.2. The van der Waals surface area contributed by atoms with E-state index >= 15 is 0 Å². The Kier molecular flexibility index (Phi) is 7.36. The third-order valence-corrected chi connectivity index (χ3v) is 5.52. The molecule has 1 aromatic heterocycles. The van der Waals surface area contributed by atoms with E-state index in [1.165, 1.54) is 12.1 Å². The highest BCUT2D eigenvalue weighted by Gasteiger charge is 2.18. The zero-order chi connectivity index (χ0) is 20.4. The van der Waals surface area contributed by atoms with Gasteiger partial charge in [0, 0.05) is 35.1 Å². The first-order chi connectivity index (χ1) is 14.1. The number of hydrogen-bond donors (Lipinski definition) is 2. The third kappa shape index (κ3) is 4.46. The Morgan fingerprint density at radius 3 is 2.63 bits per heavy atom. The van der Waals surface area contributed by atoms with Crippen molar-refractivity contribution in [3.8, 4) is 17.0 Å². The van der Waals surface area contributed by atoms with Gasteiger partial charge in [-0.3, -0.25) is 4.79 Å². The minimum Gasteiger partial charge on any atom is -0.489 e. The Balaban J connectivity index is 0.00000256. The number of aromatic amines is 1. The van der Waals surface area contributed by atoms with Gasteiger partial charge in [0.05, 0.1) is 30.0 Å². The molecular weight excluding hydrogens is 477 g/mol. The summed E-state index contributed by atoms with van der Waals surface area (Å²) in [6.45, 7) is 3.63. The standard InChI is InChI=1S/C21H21BrFN3O3.ClH/c22-17-11-13(1-4-18(17)26-6-9-28-10-7-26)19-20(29-8-5-24)15-3-2-14(23)12-16(15)21(27)25-19;/h1-4,11-12H,5-10,24H2,(H,25,27);1H. The summed E-state index contributed by atoms with van der Waals surface area (Å²) in [5, 5.41) is 0.789. The number of benzene rings is 2. The van der Waals surface area contributed by atoms with E-state index in [-0.39, 0.29) is 30.0 Å². The number of rotatable bonds is 5. The lowest BCUT2D eigenvalue weighted by Crippen LogP contribution is -2.36. The Hall–Kier alpha value is -2.13. The second-order valence-electron chi connectivity index (χ2n) is 6.75. The van der Waals surface area contributed by atoms with Gasteiger partial charge in [-0.1, -0.05) is 6.07 Å². The molecule has 1 saturated heterocycles. The molecular formula is C21H22BrClFN3O3. The molecule has 160 valence electrons. The average molecular weight is 499 g/mol. The number of pyridine rings is 1. The van der Waals surface area contributed by atoms with Crippen molar-refractivity contribution in [2.75, 3.05) is 44.4 Å². The normalized spacial score (nSPS) is 13.9. The van der Waals surface area contributed by atoms with Crippen LogP contribution in [0, 0.1) is 5.82 Å². The Bertz CT molecular complexity index is 1100. The molecule has 1 fully saturated rings. The van der Waals surface area contributed by atoms with Gasteiger partial charge in [0.25, 0.3) is 5.56 Å². The van der Waals surface area contributed by atoms with Crippen LogP contribution in [0.4, 0.5) is 10.1 Å². The summed E-state index contributed by atoms with van der Waals surface area (Å²) in [5.41, 5.74) is 7.62. The lowest BCUT2D eigenvalue weighted by Gasteiger charge is -2.30. The van der Waals surface area contributed by atoms with Crippen LogP contribution in [0.25, 0.3) is 22.0 Å². The van der Waals surface area contributed by atoms with Crippen LogP contribution in [0.2, 0.25) is 0 Å². The molecule has 0 radical (unpaired) electrons. The number of hydrogen-bond acceptors (Lipinski definition) is 5. The first-order valence-electron chi connectivity index (χ1n) is 9.39. The molecule has 1 aliphatic heterocycles. The number of anilines is 1. The molecule has 0 spiro atoms. The number of fused-ring (bicyclic) bond motifs is 1. The van der Waals surface area contributed by atoms with Crippen LogP contribution < -0.4 is 20.9 Å². The zero-order valence-corrected chi connectivity index (χ0v) is 18.5. The van der Waals surface area contributed by atoms with Crippen LogP contribution in [0.15, 0.2) is 45.7 Å². The molecule has 30 heavy (non-hydrogen) atoms. The van der Waals surface area contributed by atoms with E-state index in [4.69, 9.17) is 15.2 Å². The van der Waals surface area contributed by atoms with Crippen molar-refractivity contribution >= 4 is 44.8 Å². The third-order valence-electron chi connectivity index (χ3n) is 4.89. The molecule has 9 heteroatoms. The average Bonchev–Trinajstić information content (AvgIpc) is 2.73. The van der Waals surface area contributed by atoms with Gasteiger partial charge in [-0.15, -0.1) is 12.4 Å². The minimum atomic E-state index is -0.474. The van der Waals surface area contributed by atoms with Crippen molar-refractivity contribution in [2.45, 2.75) is 0 Å². The number of nitrogens with two attached hydrogens (primary N) is 1. The van der Waals surface area contributed by atoms with Gasteiger partial charge in [-0.05, 0) is 46.3 Å². The molecule has 3 aromatic rings. The molecule has 4 rings (SSSR count). The minimum absolute atomic E-state index is 0. The topological polar surface area (TPSA) is 80.6 Å². The highest BCUT2D eigenvalue weighted by atomic mass is 79.9. The quantitative estimate of drug-likeness (QED) is 0.561. The molecule has 2 heterocycles. The summed E-state index contributed by atoms with van der Waals surface area (Å²) >= 11 is 3.65. The van der Waals surface area contributed by atoms with E-state index in [2.05, 4.69) is 25.8 Å². The number of nitrogens with zero attached hydrogens (tertiary/aromatic N) is 1. The van der Waals surface area contributed by atoms with Crippen molar-refractivity contribution in [3.63, 3.8) is 0 Å². The van der Waals surface area contributed by atoms with Crippen molar-refractivity contribution < 1.29 is 13.9 Å². The fourth-order valence-electron chi connectivity index (χ4n) is 3.51. The molecule has 6 nitrogen and oxygen atoms in total. The molecule has 0 unspecified atom stereocenters. The van der Waals surface area contributed by atoms with Gasteiger partial charge >= 0.3 is 0 Å². The molecule has 3 N–H and O–H groups in total. The summed E-state index contributed by atoms with van der Waals surface area (Å²) in [4.78, 5) is 17.7. The van der Waals surface area contributed by atoms with E-state index in [9.17, 15) is 9.18 Å². The smallest absolute Gasteiger partial charge is 0.256 e. The van der Waals surface area contributed by atoms with Gasteiger partial charge in [0.15, 0.2) is 5.75 Å². The lowest BCUT2D eigenvalue weighted by molar-refractivity contribution is 0.122. The van der Waals surface area contributed by atoms with E-state index in [0.29, 0.717) is 36.6 Å². The molecule has 0 amide bonds. The highest BCUT2D eigenvalue weighted by Crippen LogP contribution is 2.37. The van der Waals surface area contributed by atoms with Gasteiger partial charge in [0.2, 0.25) is 0 Å². The molecule has 1 aliphatic rings. The van der Waals surface area contributed by atoms with Gasteiger partial charge in [-0.2, -0.15) is 0 Å². The number of morpholine rings is 1. The fraction of sp³-hybridized carbons (Fsp3) is 0.286. The predicted octanol–water partition coefficient (Wildman–Crippen LogP) is 3.69. The summed E-state index contributed by atoms with van der Waals surface area (Å²) in [7, 11) is 0. The van der Waals surface area contributed by atoms with Crippen molar-refractivity contribution in [1.29, 1.82) is 0 Å². The Morgan fingerprint density at radius 2 is 1.93 bits per heavy atom. The maximum Gasteiger partial charge on any atom is 0.256 e. The van der Waals surface area contributed by atoms with Crippen molar-refractivity contribution in [1.82, 2.24) is 4.98 Å². The molecule has 0 atom stereocenters. The van der Waals surface area contributed by atoms with Crippen LogP contribution in [-0.2, 0) is 4.74 Å². The number of H-pyrrole nitrogens is 1. The molecule has 0 bridgehead atoms. The summed E-state index contributed by atoms with van der Waals surface area (Å²) in [6.07, 6.45) is 0. The first kappa shape index (κ1) is 22.6. The van der Waals surface area contributed by atoms with Crippen molar-refractivity contribution in [2.24, 2.45) is 5.73 Å². The maximum atomic E-state index is 13.7. The van der Waals surface area contributed by atoms with E-state index in [1.807, 2.05) is 18.2 Å². The number of aromatic nitrogens is 1. The summed E-state index contributed by atoms with van der Waals surface area (Å²) in [6, 6.07) is 9.98. The lowest BCUT2D eigenvalue weighted by atomic mass is 10.0. The summed E-state index contributed by atoms with van der Waals surface area (Å²) < 4.78 is 25.9. The van der Waals surface area contributed by atoms with E-state index < -0.39 is 5.82 Å². The number of nitrogens with one attached hydrogen (secondary N) is 1. The molecule has 0 saturated carbocycles.